The average molecular weight is 400 g/mol. The maximum Gasteiger partial charge on any atom is 0.410 e. The Morgan fingerprint density at radius 1 is 1.43 bits per heavy atom. The van der Waals surface area contributed by atoms with Crippen LogP contribution in [0.3, 0.4) is 0 Å². The molecular formula is C19H30F2N4O3. The molecule has 1 N–H and O–H groups in total. The highest BCUT2D eigenvalue weighted by atomic mass is 19.3. The van der Waals surface area contributed by atoms with E-state index in [9.17, 15) is 13.6 Å². The lowest BCUT2D eigenvalue weighted by atomic mass is 9.88. The normalized spacial score (nSPS) is 23.4. The molecule has 0 radical (unpaired) electrons. The van der Waals surface area contributed by atoms with Gasteiger partial charge in [0.05, 0.1) is 24.0 Å². The Morgan fingerprint density at radius 2 is 2.11 bits per heavy atom. The number of hydrogen-bond donors (Lipinski definition) is 1. The number of nitrogens with zero attached hydrogens (tertiary/aromatic N) is 3. The van der Waals surface area contributed by atoms with E-state index >= 15 is 0 Å². The Balaban J connectivity index is 1.71. The smallest absolute Gasteiger partial charge is 0.410 e. The van der Waals surface area contributed by atoms with Crippen molar-refractivity contribution in [2.45, 2.75) is 64.3 Å². The fraction of sp³-hybridized carbons (Fsp3) is 0.789. The molecule has 3 rings (SSSR count). The molecule has 0 aromatic carbocycles. The van der Waals surface area contributed by atoms with Crippen LogP contribution in [0.5, 0.6) is 0 Å². The number of aryl methyl sites for hydroxylation is 1. The highest BCUT2D eigenvalue weighted by molar-refractivity contribution is 5.68. The van der Waals surface area contributed by atoms with E-state index in [2.05, 4.69) is 10.2 Å². The third-order valence-electron chi connectivity index (χ3n) is 5.24. The number of rotatable bonds is 3. The van der Waals surface area contributed by atoms with Crippen LogP contribution in [0.2, 0.25) is 0 Å². The zero-order valence-electron chi connectivity index (χ0n) is 17.0. The molecule has 0 aliphatic carbocycles. The fourth-order valence-electron chi connectivity index (χ4n) is 3.95. The molecule has 9 heteroatoms. The third kappa shape index (κ3) is 5.00. The second kappa shape index (κ2) is 7.94. The summed E-state index contributed by atoms with van der Waals surface area (Å²) in [7, 11) is 0. The molecule has 1 spiro atoms. The molecule has 1 aromatic rings. The van der Waals surface area contributed by atoms with Crippen molar-refractivity contribution in [1.29, 1.82) is 0 Å². The topological polar surface area (TPSA) is 70.7 Å². The number of morpholine rings is 1. The van der Waals surface area contributed by atoms with Gasteiger partial charge in [-0.1, -0.05) is 0 Å². The summed E-state index contributed by atoms with van der Waals surface area (Å²) in [6, 6.07) is 0. The number of piperidine rings is 1. The van der Waals surface area contributed by atoms with Crippen molar-refractivity contribution < 1.29 is 23.0 Å². The quantitative estimate of drug-likeness (QED) is 0.844. The van der Waals surface area contributed by atoms with Gasteiger partial charge in [-0.2, -0.15) is 5.10 Å². The van der Waals surface area contributed by atoms with Crippen LogP contribution in [0.4, 0.5) is 13.6 Å². The van der Waals surface area contributed by atoms with E-state index in [1.807, 2.05) is 27.7 Å². The van der Waals surface area contributed by atoms with Gasteiger partial charge in [0, 0.05) is 26.2 Å². The maximum absolute atomic E-state index is 13.1. The predicted molar refractivity (Wildman–Crippen MR) is 99.4 cm³/mol. The van der Waals surface area contributed by atoms with Gasteiger partial charge in [0.15, 0.2) is 0 Å². The second-order valence-corrected chi connectivity index (χ2v) is 8.81. The van der Waals surface area contributed by atoms with Gasteiger partial charge >= 0.3 is 6.09 Å². The third-order valence-corrected chi connectivity index (χ3v) is 5.24. The van der Waals surface area contributed by atoms with E-state index < -0.39 is 17.6 Å². The molecule has 2 fully saturated rings. The number of H-pyrrole nitrogens is 1. The number of amides is 1. The van der Waals surface area contributed by atoms with Crippen LogP contribution in [0.25, 0.3) is 0 Å². The Hall–Kier alpha value is -1.74. The van der Waals surface area contributed by atoms with Gasteiger partial charge in [0.2, 0.25) is 0 Å². The SMILES string of the molecule is Cc1cn[nH]c1C1CN(CC(F)F)CC2(CCN(C(=O)OC(C)(C)C)CC2)O1. The number of hydrogen-bond acceptors (Lipinski definition) is 5. The van der Waals surface area contributed by atoms with Gasteiger partial charge in [0.1, 0.15) is 11.7 Å². The van der Waals surface area contributed by atoms with Gasteiger partial charge in [-0.15, -0.1) is 0 Å². The minimum Gasteiger partial charge on any atom is -0.444 e. The number of carbonyl (C=O) groups excluding carboxylic acids is 1. The molecule has 2 aliphatic heterocycles. The van der Waals surface area contributed by atoms with Crippen LogP contribution in [0.1, 0.15) is 51.0 Å². The molecule has 2 aliphatic rings. The molecule has 2 saturated heterocycles. The zero-order valence-corrected chi connectivity index (χ0v) is 17.0. The lowest BCUT2D eigenvalue weighted by Crippen LogP contribution is -2.59. The van der Waals surface area contributed by atoms with Crippen molar-refractivity contribution in [3.63, 3.8) is 0 Å². The summed E-state index contributed by atoms with van der Waals surface area (Å²) in [5.41, 5.74) is 0.664. The number of aromatic nitrogens is 2. The van der Waals surface area contributed by atoms with Gasteiger partial charge in [-0.25, -0.2) is 13.6 Å². The van der Waals surface area contributed by atoms with Crippen molar-refractivity contribution in [3.05, 3.63) is 17.5 Å². The van der Waals surface area contributed by atoms with E-state index in [1.165, 1.54) is 0 Å². The highest BCUT2D eigenvalue weighted by Gasteiger charge is 2.45. The Kier molecular flexibility index (Phi) is 5.95. The van der Waals surface area contributed by atoms with Crippen LogP contribution < -0.4 is 0 Å². The first-order chi connectivity index (χ1) is 13.1. The lowest BCUT2D eigenvalue weighted by molar-refractivity contribution is -0.182. The molecule has 0 saturated carbocycles. The maximum atomic E-state index is 13.1. The first-order valence-corrected chi connectivity index (χ1v) is 9.73. The monoisotopic (exact) mass is 400 g/mol. The van der Waals surface area contributed by atoms with Crippen LogP contribution in [-0.2, 0) is 9.47 Å². The lowest BCUT2D eigenvalue weighted by Gasteiger charge is -2.49. The Bertz CT molecular complexity index is 681. The minimum atomic E-state index is -2.40. The minimum absolute atomic E-state index is 0.287. The van der Waals surface area contributed by atoms with Crippen molar-refractivity contribution in [3.8, 4) is 0 Å². The van der Waals surface area contributed by atoms with Crippen molar-refractivity contribution in [2.24, 2.45) is 0 Å². The standard InChI is InChI=1S/C19H30F2N4O3/c1-13-9-22-23-16(13)14-10-24(11-15(20)21)12-19(27-14)5-7-25(8-6-19)17(26)28-18(2,3)4/h9,14-15H,5-8,10-12H2,1-4H3,(H,22,23). The summed E-state index contributed by atoms with van der Waals surface area (Å²) < 4.78 is 38.0. The molecule has 7 nitrogen and oxygen atoms in total. The predicted octanol–water partition coefficient (Wildman–Crippen LogP) is 3.13. The molecular weight excluding hydrogens is 370 g/mol. The number of likely N-dealkylation sites (tertiary alicyclic amines) is 1. The molecule has 1 unspecified atom stereocenters. The summed E-state index contributed by atoms with van der Waals surface area (Å²) in [4.78, 5) is 15.8. The van der Waals surface area contributed by atoms with Gasteiger partial charge in [-0.3, -0.25) is 10.00 Å². The summed E-state index contributed by atoms with van der Waals surface area (Å²) in [6.45, 7) is 8.92. The van der Waals surface area contributed by atoms with Crippen LogP contribution in [0.15, 0.2) is 6.20 Å². The fourth-order valence-corrected chi connectivity index (χ4v) is 3.95. The Labute approximate surface area is 164 Å². The molecule has 0 bridgehead atoms. The van der Waals surface area contributed by atoms with Gasteiger partial charge in [0.25, 0.3) is 6.43 Å². The number of halogens is 2. The number of nitrogens with one attached hydrogen (secondary N) is 1. The molecule has 1 aromatic heterocycles. The first-order valence-electron chi connectivity index (χ1n) is 9.73. The van der Waals surface area contributed by atoms with Crippen LogP contribution in [0, 0.1) is 6.92 Å². The summed E-state index contributed by atoms with van der Waals surface area (Å²) in [5.74, 6) is 0. The van der Waals surface area contributed by atoms with Crippen molar-refractivity contribution >= 4 is 6.09 Å². The van der Waals surface area contributed by atoms with Crippen molar-refractivity contribution in [1.82, 2.24) is 20.0 Å². The molecule has 28 heavy (non-hydrogen) atoms. The van der Waals surface area contributed by atoms with Gasteiger partial charge < -0.3 is 14.4 Å². The number of alkyl halides is 2. The molecule has 158 valence electrons. The van der Waals surface area contributed by atoms with E-state index in [0.717, 1.165) is 11.3 Å². The molecule has 1 amide bonds. The number of carbonyl (C=O) groups is 1. The highest BCUT2D eigenvalue weighted by Crippen LogP contribution is 2.38. The summed E-state index contributed by atoms with van der Waals surface area (Å²) >= 11 is 0. The van der Waals surface area contributed by atoms with Gasteiger partial charge in [-0.05, 0) is 46.1 Å². The van der Waals surface area contributed by atoms with E-state index in [0.29, 0.717) is 39.0 Å². The van der Waals surface area contributed by atoms with Crippen LogP contribution in [-0.4, -0.2) is 76.4 Å². The zero-order chi connectivity index (χ0) is 20.5. The molecule has 1 atom stereocenters. The number of ether oxygens (including phenoxy) is 2. The summed E-state index contributed by atoms with van der Waals surface area (Å²) in [6.07, 6.45) is -0.222. The average Bonchev–Trinajstić information content (AvgIpc) is 2.99. The van der Waals surface area contributed by atoms with E-state index in [4.69, 9.17) is 9.47 Å². The number of aromatic amines is 1. The molecule has 3 heterocycles. The van der Waals surface area contributed by atoms with Crippen molar-refractivity contribution in [2.75, 3.05) is 32.7 Å². The summed E-state index contributed by atoms with van der Waals surface area (Å²) in [5, 5.41) is 6.99. The van der Waals surface area contributed by atoms with E-state index in [1.54, 1.807) is 16.0 Å². The van der Waals surface area contributed by atoms with E-state index in [-0.39, 0.29) is 18.7 Å². The largest absolute Gasteiger partial charge is 0.444 e. The second-order valence-electron chi connectivity index (χ2n) is 8.81. The first kappa shape index (κ1) is 21.0. The van der Waals surface area contributed by atoms with Crippen LogP contribution >= 0.6 is 0 Å². The Morgan fingerprint density at radius 3 is 2.64 bits per heavy atom.